The summed E-state index contributed by atoms with van der Waals surface area (Å²) in [6.07, 6.45) is 0. The van der Waals surface area contributed by atoms with E-state index in [-0.39, 0.29) is 11.4 Å². The van der Waals surface area contributed by atoms with Gasteiger partial charge in [-0.1, -0.05) is 0 Å². The van der Waals surface area contributed by atoms with Gasteiger partial charge >= 0.3 is 0 Å². The number of rotatable bonds is 0. The standard InChI is InChI=1S/C10H12FIN2/c1-10(2)5-13-8-4-7(12)6(11)3-9(8)14-10/h3-4,13-14H,5H2,1-2H3. The van der Waals surface area contributed by atoms with E-state index in [1.807, 2.05) is 28.7 Å². The average molecular weight is 306 g/mol. The number of anilines is 2. The largest absolute Gasteiger partial charge is 0.381 e. The molecule has 0 spiro atoms. The SMILES string of the molecule is CC1(C)CNc2cc(I)c(F)cc2N1. The van der Waals surface area contributed by atoms with Crippen LogP contribution in [-0.4, -0.2) is 12.1 Å². The molecule has 1 aromatic rings. The summed E-state index contributed by atoms with van der Waals surface area (Å²) in [4.78, 5) is 0. The van der Waals surface area contributed by atoms with Crippen LogP contribution in [0, 0.1) is 9.39 Å². The Hall–Kier alpha value is -0.520. The Morgan fingerprint density at radius 2 is 2.07 bits per heavy atom. The van der Waals surface area contributed by atoms with Crippen LogP contribution in [0.15, 0.2) is 12.1 Å². The van der Waals surface area contributed by atoms with Gasteiger partial charge in [0.05, 0.1) is 14.9 Å². The van der Waals surface area contributed by atoms with E-state index in [2.05, 4.69) is 24.5 Å². The van der Waals surface area contributed by atoms with E-state index < -0.39 is 0 Å². The van der Waals surface area contributed by atoms with Gasteiger partial charge in [0.2, 0.25) is 0 Å². The lowest BCUT2D eigenvalue weighted by Gasteiger charge is -2.34. The third-order valence-corrected chi connectivity index (χ3v) is 3.08. The normalized spacial score (nSPS) is 18.0. The van der Waals surface area contributed by atoms with Crippen molar-refractivity contribution >= 4 is 34.0 Å². The maximum Gasteiger partial charge on any atom is 0.138 e. The molecule has 2 N–H and O–H groups in total. The molecular weight excluding hydrogens is 294 g/mol. The Morgan fingerprint density at radius 1 is 1.36 bits per heavy atom. The van der Waals surface area contributed by atoms with Crippen molar-refractivity contribution in [3.05, 3.63) is 21.5 Å². The van der Waals surface area contributed by atoms with Crippen molar-refractivity contribution in [2.45, 2.75) is 19.4 Å². The number of hydrogen-bond acceptors (Lipinski definition) is 2. The van der Waals surface area contributed by atoms with Crippen LogP contribution >= 0.6 is 22.6 Å². The van der Waals surface area contributed by atoms with Crippen molar-refractivity contribution in [1.29, 1.82) is 0 Å². The second-order valence-electron chi connectivity index (χ2n) is 4.17. The van der Waals surface area contributed by atoms with Crippen molar-refractivity contribution in [3.63, 3.8) is 0 Å². The fourth-order valence-electron chi connectivity index (χ4n) is 1.52. The molecule has 1 aliphatic heterocycles. The van der Waals surface area contributed by atoms with Crippen LogP contribution < -0.4 is 10.6 Å². The summed E-state index contributed by atoms with van der Waals surface area (Å²) in [5, 5.41) is 6.59. The van der Waals surface area contributed by atoms with Gasteiger partial charge in [0.1, 0.15) is 5.82 Å². The van der Waals surface area contributed by atoms with Gasteiger partial charge in [-0.2, -0.15) is 0 Å². The van der Waals surface area contributed by atoms with E-state index in [0.29, 0.717) is 3.57 Å². The lowest BCUT2D eigenvalue weighted by Crippen LogP contribution is -2.42. The van der Waals surface area contributed by atoms with Gasteiger partial charge in [0, 0.05) is 18.2 Å². The van der Waals surface area contributed by atoms with Crippen LogP contribution in [0.3, 0.4) is 0 Å². The van der Waals surface area contributed by atoms with Crippen LogP contribution in [-0.2, 0) is 0 Å². The first-order chi connectivity index (χ1) is 6.48. The molecule has 2 nitrogen and oxygen atoms in total. The number of nitrogens with one attached hydrogen (secondary N) is 2. The number of fused-ring (bicyclic) bond motifs is 1. The molecule has 0 saturated heterocycles. The first-order valence-electron chi connectivity index (χ1n) is 4.49. The van der Waals surface area contributed by atoms with Crippen molar-refractivity contribution in [2.75, 3.05) is 17.2 Å². The van der Waals surface area contributed by atoms with Crippen molar-refractivity contribution in [3.8, 4) is 0 Å². The van der Waals surface area contributed by atoms with E-state index in [1.165, 1.54) is 0 Å². The summed E-state index contributed by atoms with van der Waals surface area (Å²) in [5.41, 5.74) is 1.81. The molecule has 0 aromatic heterocycles. The molecule has 0 bridgehead atoms. The van der Waals surface area contributed by atoms with Crippen LogP contribution in [0.2, 0.25) is 0 Å². The van der Waals surface area contributed by atoms with Crippen LogP contribution in [0.1, 0.15) is 13.8 Å². The molecular formula is C10H12FIN2. The Balaban J connectivity index is 2.43. The maximum atomic E-state index is 13.3. The summed E-state index contributed by atoms with van der Waals surface area (Å²) in [7, 11) is 0. The van der Waals surface area contributed by atoms with Crippen molar-refractivity contribution in [1.82, 2.24) is 0 Å². The topological polar surface area (TPSA) is 24.1 Å². The highest BCUT2D eigenvalue weighted by Gasteiger charge is 2.24. The summed E-state index contributed by atoms with van der Waals surface area (Å²) < 4.78 is 13.9. The molecule has 0 unspecified atom stereocenters. The molecule has 0 amide bonds. The maximum absolute atomic E-state index is 13.3. The van der Waals surface area contributed by atoms with Gasteiger partial charge in [0.15, 0.2) is 0 Å². The van der Waals surface area contributed by atoms with Gasteiger partial charge in [-0.3, -0.25) is 0 Å². The third kappa shape index (κ3) is 1.80. The highest BCUT2D eigenvalue weighted by molar-refractivity contribution is 14.1. The minimum absolute atomic E-state index is 0.0216. The van der Waals surface area contributed by atoms with Crippen LogP contribution in [0.5, 0.6) is 0 Å². The highest BCUT2D eigenvalue weighted by atomic mass is 127. The fourth-order valence-corrected chi connectivity index (χ4v) is 1.99. The quantitative estimate of drug-likeness (QED) is 0.720. The van der Waals surface area contributed by atoms with Crippen molar-refractivity contribution in [2.24, 2.45) is 0 Å². The molecule has 0 aliphatic carbocycles. The van der Waals surface area contributed by atoms with E-state index in [0.717, 1.165) is 17.9 Å². The molecule has 1 aliphatic rings. The Kier molecular flexibility index (Phi) is 2.33. The molecule has 2 rings (SSSR count). The zero-order valence-corrected chi connectivity index (χ0v) is 10.3. The molecule has 14 heavy (non-hydrogen) atoms. The Labute approximate surface area is 96.4 Å². The number of hydrogen-bond donors (Lipinski definition) is 2. The lowest BCUT2D eigenvalue weighted by molar-refractivity contribution is 0.583. The summed E-state index contributed by atoms with van der Waals surface area (Å²) in [5.74, 6) is -0.170. The molecule has 1 heterocycles. The molecule has 0 fully saturated rings. The van der Waals surface area contributed by atoms with Gasteiger partial charge < -0.3 is 10.6 Å². The predicted molar refractivity (Wildman–Crippen MR) is 65.3 cm³/mol. The zero-order chi connectivity index (χ0) is 10.3. The van der Waals surface area contributed by atoms with E-state index in [4.69, 9.17) is 0 Å². The first kappa shape index (κ1) is 10.0. The summed E-state index contributed by atoms with van der Waals surface area (Å²) >= 11 is 2.00. The summed E-state index contributed by atoms with van der Waals surface area (Å²) in [6, 6.07) is 3.37. The third-order valence-electron chi connectivity index (χ3n) is 2.25. The highest BCUT2D eigenvalue weighted by Crippen LogP contribution is 2.32. The fraction of sp³-hybridized carbons (Fsp3) is 0.400. The minimum Gasteiger partial charge on any atom is -0.381 e. The van der Waals surface area contributed by atoms with Crippen LogP contribution in [0.4, 0.5) is 15.8 Å². The Morgan fingerprint density at radius 3 is 2.79 bits per heavy atom. The average Bonchev–Trinajstić information content (AvgIpc) is 2.07. The first-order valence-corrected chi connectivity index (χ1v) is 5.57. The Bertz CT molecular complexity index is 377. The smallest absolute Gasteiger partial charge is 0.138 e. The van der Waals surface area contributed by atoms with Gasteiger partial charge in [-0.25, -0.2) is 4.39 Å². The van der Waals surface area contributed by atoms with Crippen molar-refractivity contribution < 1.29 is 4.39 Å². The zero-order valence-electron chi connectivity index (χ0n) is 8.12. The second kappa shape index (κ2) is 3.25. The van der Waals surface area contributed by atoms with Gasteiger partial charge in [-0.15, -0.1) is 0 Å². The summed E-state index contributed by atoms with van der Waals surface area (Å²) in [6.45, 7) is 5.01. The monoisotopic (exact) mass is 306 g/mol. The lowest BCUT2D eigenvalue weighted by atomic mass is 10.0. The molecule has 0 atom stereocenters. The van der Waals surface area contributed by atoms with Gasteiger partial charge in [-0.05, 0) is 42.5 Å². The molecule has 76 valence electrons. The molecule has 0 radical (unpaired) electrons. The predicted octanol–water partition coefficient (Wildman–Crippen LogP) is 3.05. The van der Waals surface area contributed by atoms with Crippen LogP contribution in [0.25, 0.3) is 0 Å². The molecule has 4 heteroatoms. The molecule has 1 aromatic carbocycles. The van der Waals surface area contributed by atoms with Gasteiger partial charge in [0.25, 0.3) is 0 Å². The minimum atomic E-state index is -0.170. The van der Waals surface area contributed by atoms with E-state index in [1.54, 1.807) is 6.07 Å². The number of benzene rings is 1. The second-order valence-corrected chi connectivity index (χ2v) is 5.34. The van der Waals surface area contributed by atoms with E-state index in [9.17, 15) is 4.39 Å². The van der Waals surface area contributed by atoms with E-state index >= 15 is 0 Å². The number of halogens is 2. The molecule has 0 saturated carbocycles.